The van der Waals surface area contributed by atoms with Crippen LogP contribution in [0.1, 0.15) is 26.5 Å². The first-order valence-electron chi connectivity index (χ1n) is 7.50. The van der Waals surface area contributed by atoms with Crippen molar-refractivity contribution in [3.8, 4) is 11.3 Å². The molecule has 3 nitrogen and oxygen atoms in total. The average molecular weight is 396 g/mol. The highest BCUT2D eigenvalue weighted by molar-refractivity contribution is 8.26. The summed E-state index contributed by atoms with van der Waals surface area (Å²) in [7, 11) is 0. The predicted molar refractivity (Wildman–Crippen MR) is 104 cm³/mol. The summed E-state index contributed by atoms with van der Waals surface area (Å²) >= 11 is 12.4. The third kappa shape index (κ3) is 3.66. The fourth-order valence-corrected chi connectivity index (χ4v) is 4.21. The number of thiocarbonyl (C=S) groups is 1. The van der Waals surface area contributed by atoms with Crippen molar-refractivity contribution in [2.24, 2.45) is 0 Å². The summed E-state index contributed by atoms with van der Waals surface area (Å²) in [5.41, 5.74) is 0.281. The Morgan fingerprint density at radius 1 is 1.28 bits per heavy atom. The standard InChI is InChI=1S/C18H15ClFNO2S2/c1-18(2,3)21-16(22)15(25-17(21)24)9-11-5-7-14(23-11)10-4-6-13(20)12(19)8-10/h4-9H,1-3H3/b15-9+. The molecule has 2 aromatic rings. The second-order valence-corrected chi connectivity index (χ2v) is 8.60. The maximum Gasteiger partial charge on any atom is 0.266 e. The first-order chi connectivity index (χ1) is 11.7. The van der Waals surface area contributed by atoms with Gasteiger partial charge in [0.1, 0.15) is 21.7 Å². The second kappa shape index (κ2) is 6.59. The van der Waals surface area contributed by atoms with E-state index in [1.807, 2.05) is 20.8 Å². The lowest BCUT2D eigenvalue weighted by Gasteiger charge is -2.30. The largest absolute Gasteiger partial charge is 0.457 e. The van der Waals surface area contributed by atoms with Crippen molar-refractivity contribution in [1.82, 2.24) is 4.90 Å². The number of benzene rings is 1. The molecular weight excluding hydrogens is 381 g/mol. The Balaban J connectivity index is 1.88. The molecule has 1 aromatic heterocycles. The molecule has 1 amide bonds. The Labute approximate surface area is 159 Å². The zero-order valence-corrected chi connectivity index (χ0v) is 16.2. The lowest BCUT2D eigenvalue weighted by molar-refractivity contribution is -0.125. The molecule has 2 heterocycles. The number of hydrogen-bond acceptors (Lipinski definition) is 4. The van der Waals surface area contributed by atoms with Crippen LogP contribution in [0.25, 0.3) is 17.4 Å². The van der Waals surface area contributed by atoms with Crippen LogP contribution in [0.5, 0.6) is 0 Å². The van der Waals surface area contributed by atoms with E-state index in [9.17, 15) is 9.18 Å². The third-order valence-electron chi connectivity index (χ3n) is 3.57. The van der Waals surface area contributed by atoms with Gasteiger partial charge in [-0.1, -0.05) is 35.6 Å². The highest BCUT2D eigenvalue weighted by atomic mass is 35.5. The van der Waals surface area contributed by atoms with Gasteiger partial charge >= 0.3 is 0 Å². The highest BCUT2D eigenvalue weighted by Gasteiger charge is 2.39. The molecule has 0 N–H and O–H groups in total. The molecule has 1 saturated heterocycles. The number of amides is 1. The van der Waals surface area contributed by atoms with E-state index >= 15 is 0 Å². The second-order valence-electron chi connectivity index (χ2n) is 6.52. The number of furan rings is 1. The van der Waals surface area contributed by atoms with Crippen LogP contribution in [0.2, 0.25) is 5.02 Å². The number of thioether (sulfide) groups is 1. The van der Waals surface area contributed by atoms with E-state index in [1.54, 1.807) is 29.2 Å². The maximum atomic E-state index is 13.3. The smallest absolute Gasteiger partial charge is 0.266 e. The summed E-state index contributed by atoms with van der Waals surface area (Å²) in [5.74, 6) is 0.442. The Morgan fingerprint density at radius 3 is 2.60 bits per heavy atom. The summed E-state index contributed by atoms with van der Waals surface area (Å²) in [5, 5.41) is 0.0292. The van der Waals surface area contributed by atoms with E-state index in [-0.39, 0.29) is 16.5 Å². The van der Waals surface area contributed by atoms with Crippen molar-refractivity contribution in [2.75, 3.05) is 0 Å². The molecule has 1 aliphatic rings. The number of rotatable bonds is 2. The number of carbonyl (C=O) groups excluding carboxylic acids is 1. The van der Waals surface area contributed by atoms with Crippen LogP contribution in [0.4, 0.5) is 4.39 Å². The van der Waals surface area contributed by atoms with Crippen LogP contribution in [0.15, 0.2) is 39.7 Å². The summed E-state index contributed by atoms with van der Waals surface area (Å²) in [6.07, 6.45) is 1.67. The Morgan fingerprint density at radius 2 is 2.00 bits per heavy atom. The minimum Gasteiger partial charge on any atom is -0.457 e. The zero-order valence-electron chi connectivity index (χ0n) is 13.8. The van der Waals surface area contributed by atoms with Crippen LogP contribution in [0.3, 0.4) is 0 Å². The van der Waals surface area contributed by atoms with Crippen LogP contribution >= 0.6 is 35.6 Å². The van der Waals surface area contributed by atoms with Gasteiger partial charge in [0.15, 0.2) is 0 Å². The number of halogens is 2. The third-order valence-corrected chi connectivity index (χ3v) is 5.16. The maximum absolute atomic E-state index is 13.3. The number of hydrogen-bond donors (Lipinski definition) is 0. The molecule has 1 aromatic carbocycles. The van der Waals surface area contributed by atoms with Crippen LogP contribution in [-0.4, -0.2) is 20.7 Å². The quantitative estimate of drug-likeness (QED) is 0.479. The Hall–Kier alpha value is -1.63. The minimum absolute atomic E-state index is 0.0292. The van der Waals surface area contributed by atoms with Gasteiger partial charge in [-0.15, -0.1) is 0 Å². The van der Waals surface area contributed by atoms with E-state index in [4.69, 9.17) is 28.2 Å². The summed E-state index contributed by atoms with van der Waals surface area (Å²) < 4.78 is 19.5. The predicted octanol–water partition coefficient (Wildman–Crippen LogP) is 5.74. The van der Waals surface area contributed by atoms with Crippen LogP contribution < -0.4 is 0 Å². The molecule has 1 fully saturated rings. The molecule has 0 spiro atoms. The SMILES string of the molecule is CC(C)(C)N1C(=O)/C(=C\c2ccc(-c3ccc(F)c(Cl)c3)o2)SC1=S. The first-order valence-corrected chi connectivity index (χ1v) is 9.10. The molecule has 25 heavy (non-hydrogen) atoms. The van der Waals surface area contributed by atoms with Gasteiger partial charge in [-0.2, -0.15) is 0 Å². The fraction of sp³-hybridized carbons (Fsp3) is 0.222. The van der Waals surface area contributed by atoms with Crippen molar-refractivity contribution in [2.45, 2.75) is 26.3 Å². The van der Waals surface area contributed by atoms with Crippen molar-refractivity contribution < 1.29 is 13.6 Å². The van der Waals surface area contributed by atoms with Crippen molar-refractivity contribution >= 4 is 51.9 Å². The molecule has 7 heteroatoms. The number of carbonyl (C=O) groups is 1. The van der Waals surface area contributed by atoms with Gasteiger partial charge in [0.25, 0.3) is 5.91 Å². The molecule has 130 valence electrons. The zero-order chi connectivity index (χ0) is 18.4. The summed E-state index contributed by atoms with van der Waals surface area (Å²) in [4.78, 5) is 14.7. The van der Waals surface area contributed by atoms with Gasteiger partial charge in [0.05, 0.1) is 9.93 Å². The summed E-state index contributed by atoms with van der Waals surface area (Å²) in [6.45, 7) is 5.80. The fourth-order valence-electron chi connectivity index (χ4n) is 2.41. The van der Waals surface area contributed by atoms with Crippen molar-refractivity contribution in [1.29, 1.82) is 0 Å². The minimum atomic E-state index is -0.483. The summed E-state index contributed by atoms with van der Waals surface area (Å²) in [6, 6.07) is 7.87. The molecule has 0 aliphatic carbocycles. The number of nitrogens with zero attached hydrogens (tertiary/aromatic N) is 1. The van der Waals surface area contributed by atoms with E-state index in [0.717, 1.165) is 0 Å². The molecule has 0 saturated carbocycles. The first kappa shape index (κ1) is 18.2. The molecule has 3 rings (SSSR count). The highest BCUT2D eigenvalue weighted by Crippen LogP contribution is 2.37. The molecule has 0 atom stereocenters. The Kier molecular flexibility index (Phi) is 4.79. The topological polar surface area (TPSA) is 33.5 Å². The van der Waals surface area contributed by atoms with Crippen LogP contribution in [-0.2, 0) is 4.79 Å². The Bertz CT molecular complexity index is 899. The van der Waals surface area contributed by atoms with E-state index in [0.29, 0.717) is 26.3 Å². The normalized spacial score (nSPS) is 17.0. The monoisotopic (exact) mass is 395 g/mol. The van der Waals surface area contributed by atoms with E-state index in [2.05, 4.69) is 0 Å². The van der Waals surface area contributed by atoms with E-state index in [1.165, 1.54) is 23.9 Å². The van der Waals surface area contributed by atoms with Gasteiger partial charge in [0.2, 0.25) is 0 Å². The van der Waals surface area contributed by atoms with Gasteiger partial charge < -0.3 is 4.42 Å². The van der Waals surface area contributed by atoms with Gasteiger partial charge in [-0.05, 0) is 51.1 Å². The van der Waals surface area contributed by atoms with Crippen molar-refractivity contribution in [3.63, 3.8) is 0 Å². The van der Waals surface area contributed by atoms with Crippen molar-refractivity contribution in [3.05, 3.63) is 51.8 Å². The lowest BCUT2D eigenvalue weighted by Crippen LogP contribution is -2.44. The van der Waals surface area contributed by atoms with E-state index < -0.39 is 5.82 Å². The lowest BCUT2D eigenvalue weighted by atomic mass is 10.1. The van der Waals surface area contributed by atoms with Gasteiger partial charge in [-0.25, -0.2) is 4.39 Å². The molecule has 0 unspecified atom stereocenters. The molecule has 1 aliphatic heterocycles. The molecular formula is C18H15ClFNO2S2. The average Bonchev–Trinajstić information content (AvgIpc) is 3.07. The molecule has 0 radical (unpaired) electrons. The van der Waals surface area contributed by atoms with Gasteiger partial charge in [0, 0.05) is 17.2 Å². The van der Waals surface area contributed by atoms with Crippen LogP contribution in [0, 0.1) is 5.82 Å². The molecule has 0 bridgehead atoms. The van der Waals surface area contributed by atoms with Gasteiger partial charge in [-0.3, -0.25) is 9.69 Å².